The maximum atomic E-state index is 13.3. The Morgan fingerprint density at radius 1 is 0.966 bits per heavy atom. The number of hydrogen-bond acceptors (Lipinski definition) is 3. The van der Waals surface area contributed by atoms with Gasteiger partial charge in [0.05, 0.1) is 11.3 Å². The van der Waals surface area contributed by atoms with Crippen LogP contribution in [0.2, 0.25) is 0 Å². The smallest absolute Gasteiger partial charge is 0.282 e. The molecule has 4 nitrogen and oxygen atoms in total. The molecule has 0 amide bonds. The molecule has 0 saturated heterocycles. The lowest BCUT2D eigenvalue weighted by atomic mass is 10.0. The Morgan fingerprint density at radius 2 is 1.69 bits per heavy atom. The van der Waals surface area contributed by atoms with Crippen LogP contribution in [0.1, 0.15) is 65.5 Å². The summed E-state index contributed by atoms with van der Waals surface area (Å²) in [7, 11) is 0. The minimum Gasteiger partial charge on any atom is -0.488 e. The van der Waals surface area contributed by atoms with Gasteiger partial charge in [-0.1, -0.05) is 68.7 Å². The third-order valence-corrected chi connectivity index (χ3v) is 5.27. The van der Waals surface area contributed by atoms with Crippen LogP contribution in [0.3, 0.4) is 0 Å². The number of nitrogens with zero attached hydrogens (tertiary/aromatic N) is 2. The van der Waals surface area contributed by atoms with Crippen LogP contribution in [0.25, 0.3) is 0 Å². The summed E-state index contributed by atoms with van der Waals surface area (Å²) >= 11 is 0. The molecular weight excluding hydrogens is 360 g/mol. The zero-order valence-corrected chi connectivity index (χ0v) is 17.6. The summed E-state index contributed by atoms with van der Waals surface area (Å²) in [6.45, 7) is 6.61. The van der Waals surface area contributed by atoms with Gasteiger partial charge in [-0.25, -0.2) is 4.68 Å². The van der Waals surface area contributed by atoms with Crippen LogP contribution >= 0.6 is 0 Å². The first-order valence-corrected chi connectivity index (χ1v) is 10.5. The Balaban J connectivity index is 1.78. The second-order valence-corrected chi connectivity index (χ2v) is 7.45. The predicted molar refractivity (Wildman–Crippen MR) is 116 cm³/mol. The van der Waals surface area contributed by atoms with Crippen molar-refractivity contribution >= 4 is 5.91 Å². The number of carbonyl (C=O) groups is 1. The number of rotatable bonds is 9. The first-order valence-electron chi connectivity index (χ1n) is 10.5. The zero-order chi connectivity index (χ0) is 20.6. The largest absolute Gasteiger partial charge is 0.488 e. The molecule has 4 heteroatoms. The molecule has 1 heterocycles. The summed E-state index contributed by atoms with van der Waals surface area (Å²) in [5.41, 5.74) is 4.66. The molecule has 0 aliphatic heterocycles. The number of aromatic nitrogens is 2. The van der Waals surface area contributed by atoms with E-state index < -0.39 is 0 Å². The molecule has 0 unspecified atom stereocenters. The molecule has 2 aromatic carbocycles. The van der Waals surface area contributed by atoms with E-state index in [1.54, 1.807) is 6.07 Å². The number of para-hydroxylation sites is 1. The van der Waals surface area contributed by atoms with Crippen molar-refractivity contribution in [1.29, 1.82) is 0 Å². The minimum atomic E-state index is -0.144. The Hall–Kier alpha value is -2.88. The van der Waals surface area contributed by atoms with Gasteiger partial charge < -0.3 is 4.74 Å². The van der Waals surface area contributed by atoms with Crippen molar-refractivity contribution in [2.24, 2.45) is 0 Å². The van der Waals surface area contributed by atoms with E-state index in [-0.39, 0.29) is 5.91 Å². The van der Waals surface area contributed by atoms with E-state index in [0.717, 1.165) is 29.8 Å². The average Bonchev–Trinajstić information content (AvgIpc) is 3.04. The van der Waals surface area contributed by atoms with Gasteiger partial charge in [-0.05, 0) is 49.9 Å². The first kappa shape index (κ1) is 20.8. The maximum Gasteiger partial charge on any atom is 0.282 e. The average molecular weight is 391 g/mol. The van der Waals surface area contributed by atoms with Crippen LogP contribution < -0.4 is 4.74 Å². The van der Waals surface area contributed by atoms with Crippen LogP contribution in [-0.4, -0.2) is 15.7 Å². The number of unbranched alkanes of at least 4 members (excludes halogenated alkanes) is 3. The van der Waals surface area contributed by atoms with Crippen molar-refractivity contribution in [1.82, 2.24) is 9.78 Å². The van der Waals surface area contributed by atoms with Crippen LogP contribution in [0.15, 0.2) is 54.6 Å². The SMILES string of the molecule is CCCCCCc1c(C)nn(C(=O)c2ccccc2OCc2ccccc2)c1C. The van der Waals surface area contributed by atoms with Gasteiger partial charge in [0.25, 0.3) is 5.91 Å². The fourth-order valence-electron chi connectivity index (χ4n) is 3.58. The Morgan fingerprint density at radius 3 is 2.45 bits per heavy atom. The summed E-state index contributed by atoms with van der Waals surface area (Å²) in [5, 5.41) is 4.56. The number of ether oxygens (including phenoxy) is 1. The van der Waals surface area contributed by atoms with Gasteiger partial charge in [0.2, 0.25) is 0 Å². The molecule has 152 valence electrons. The number of carbonyl (C=O) groups excluding carboxylic acids is 1. The highest BCUT2D eigenvalue weighted by atomic mass is 16.5. The van der Waals surface area contributed by atoms with Crippen LogP contribution in [0, 0.1) is 13.8 Å². The summed E-state index contributed by atoms with van der Waals surface area (Å²) in [6.07, 6.45) is 5.78. The monoisotopic (exact) mass is 390 g/mol. The second kappa shape index (κ2) is 10.1. The molecular formula is C25H30N2O2. The second-order valence-electron chi connectivity index (χ2n) is 7.45. The predicted octanol–water partition coefficient (Wildman–Crippen LogP) is 5.89. The van der Waals surface area contributed by atoms with E-state index in [9.17, 15) is 4.79 Å². The molecule has 0 radical (unpaired) electrons. The molecule has 0 bridgehead atoms. The lowest BCUT2D eigenvalue weighted by Crippen LogP contribution is -2.17. The van der Waals surface area contributed by atoms with E-state index in [4.69, 9.17) is 4.74 Å². The third kappa shape index (κ3) is 5.14. The van der Waals surface area contributed by atoms with Crippen molar-refractivity contribution in [2.75, 3.05) is 0 Å². The molecule has 0 saturated carbocycles. The quantitative estimate of drug-likeness (QED) is 0.428. The number of hydrogen-bond donors (Lipinski definition) is 0. The van der Waals surface area contributed by atoms with Crippen molar-refractivity contribution in [2.45, 2.75) is 59.5 Å². The van der Waals surface area contributed by atoms with E-state index in [1.807, 2.05) is 62.4 Å². The van der Waals surface area contributed by atoms with E-state index in [2.05, 4.69) is 12.0 Å². The molecule has 0 N–H and O–H groups in total. The van der Waals surface area contributed by atoms with Gasteiger partial charge >= 0.3 is 0 Å². The molecule has 0 aliphatic carbocycles. The van der Waals surface area contributed by atoms with E-state index in [0.29, 0.717) is 17.9 Å². The van der Waals surface area contributed by atoms with Gasteiger partial charge in [-0.2, -0.15) is 5.10 Å². The Kier molecular flexibility index (Phi) is 7.23. The summed E-state index contributed by atoms with van der Waals surface area (Å²) in [6, 6.07) is 17.3. The summed E-state index contributed by atoms with van der Waals surface area (Å²) < 4.78 is 7.51. The molecule has 3 aromatic rings. The van der Waals surface area contributed by atoms with Crippen LogP contribution in [0.4, 0.5) is 0 Å². The summed E-state index contributed by atoms with van der Waals surface area (Å²) in [5.74, 6) is 0.437. The van der Waals surface area contributed by atoms with Gasteiger partial charge in [0.15, 0.2) is 0 Å². The molecule has 0 fully saturated rings. The molecule has 0 aliphatic rings. The van der Waals surface area contributed by atoms with Gasteiger partial charge in [0.1, 0.15) is 12.4 Å². The van der Waals surface area contributed by atoms with Crippen molar-refractivity contribution in [3.63, 3.8) is 0 Å². The Labute approximate surface area is 173 Å². The molecule has 1 aromatic heterocycles. The minimum absolute atomic E-state index is 0.144. The topological polar surface area (TPSA) is 44.1 Å². The molecule has 0 atom stereocenters. The van der Waals surface area contributed by atoms with Gasteiger partial charge in [0, 0.05) is 5.69 Å². The molecule has 3 rings (SSSR count). The van der Waals surface area contributed by atoms with Crippen LogP contribution in [0.5, 0.6) is 5.75 Å². The van der Waals surface area contributed by atoms with Crippen molar-refractivity contribution in [3.8, 4) is 5.75 Å². The fraction of sp³-hybridized carbons (Fsp3) is 0.360. The molecule has 0 spiro atoms. The van der Waals surface area contributed by atoms with E-state index >= 15 is 0 Å². The van der Waals surface area contributed by atoms with E-state index in [1.165, 1.54) is 29.5 Å². The zero-order valence-electron chi connectivity index (χ0n) is 17.6. The van der Waals surface area contributed by atoms with Crippen LogP contribution in [-0.2, 0) is 13.0 Å². The lowest BCUT2D eigenvalue weighted by molar-refractivity contribution is 0.0937. The Bertz CT molecular complexity index is 945. The third-order valence-electron chi connectivity index (χ3n) is 5.27. The summed E-state index contributed by atoms with van der Waals surface area (Å²) in [4.78, 5) is 13.3. The normalized spacial score (nSPS) is 10.9. The highest BCUT2D eigenvalue weighted by molar-refractivity contribution is 5.98. The highest BCUT2D eigenvalue weighted by Crippen LogP contribution is 2.23. The van der Waals surface area contributed by atoms with Gasteiger partial charge in [-0.3, -0.25) is 4.79 Å². The molecule has 29 heavy (non-hydrogen) atoms. The fourth-order valence-corrected chi connectivity index (χ4v) is 3.58. The highest BCUT2D eigenvalue weighted by Gasteiger charge is 2.20. The van der Waals surface area contributed by atoms with Gasteiger partial charge in [-0.15, -0.1) is 0 Å². The lowest BCUT2D eigenvalue weighted by Gasteiger charge is -2.11. The van der Waals surface area contributed by atoms with Crippen molar-refractivity contribution in [3.05, 3.63) is 82.7 Å². The first-order chi connectivity index (χ1) is 14.1. The maximum absolute atomic E-state index is 13.3. The standard InChI is InChI=1S/C25H30N2O2/c1-4-5-6-10-15-22-19(2)26-27(20(22)3)25(28)23-16-11-12-17-24(23)29-18-21-13-8-7-9-14-21/h7-9,11-14,16-17H,4-6,10,15,18H2,1-3H3. The number of benzene rings is 2. The van der Waals surface area contributed by atoms with Crippen molar-refractivity contribution < 1.29 is 9.53 Å². The number of aryl methyl sites for hydroxylation is 1.